The quantitative estimate of drug-likeness (QED) is 0.854. The van der Waals surface area contributed by atoms with Crippen molar-refractivity contribution in [3.8, 4) is 0 Å². The van der Waals surface area contributed by atoms with E-state index >= 15 is 0 Å². The fourth-order valence-electron chi connectivity index (χ4n) is 3.81. The second kappa shape index (κ2) is 6.30. The van der Waals surface area contributed by atoms with Gasteiger partial charge < -0.3 is 4.90 Å². The molecule has 0 radical (unpaired) electrons. The molecule has 3 rings (SSSR count). The van der Waals surface area contributed by atoms with Crippen molar-refractivity contribution in [1.82, 2.24) is 4.90 Å². The van der Waals surface area contributed by atoms with E-state index in [4.69, 9.17) is 0 Å². The van der Waals surface area contributed by atoms with Crippen LogP contribution in [0.5, 0.6) is 0 Å². The predicted molar refractivity (Wildman–Crippen MR) is 84.7 cm³/mol. The Labute approximate surface area is 130 Å². The molecule has 0 spiro atoms. The molecule has 0 aromatic carbocycles. The van der Waals surface area contributed by atoms with Crippen molar-refractivity contribution < 1.29 is 9.59 Å². The van der Waals surface area contributed by atoms with E-state index in [1.165, 1.54) is 0 Å². The van der Waals surface area contributed by atoms with Gasteiger partial charge in [-0.2, -0.15) is 0 Å². The Morgan fingerprint density at radius 3 is 2.90 bits per heavy atom. The Balaban J connectivity index is 1.84. The summed E-state index contributed by atoms with van der Waals surface area (Å²) >= 11 is 1.55. The lowest BCUT2D eigenvalue weighted by Gasteiger charge is -2.38. The largest absolute Gasteiger partial charge is 0.334 e. The fraction of sp³-hybridized carbons (Fsp3) is 0.647. The highest BCUT2D eigenvalue weighted by atomic mass is 32.1. The minimum Gasteiger partial charge on any atom is -0.334 e. The van der Waals surface area contributed by atoms with E-state index in [1.807, 2.05) is 10.3 Å². The van der Waals surface area contributed by atoms with E-state index in [-0.39, 0.29) is 17.9 Å². The number of carbonyl (C=O) groups excluding carboxylic acids is 2. The van der Waals surface area contributed by atoms with E-state index in [0.717, 1.165) is 55.5 Å². The zero-order valence-corrected chi connectivity index (χ0v) is 13.5. The molecule has 21 heavy (non-hydrogen) atoms. The van der Waals surface area contributed by atoms with Crippen molar-refractivity contribution in [2.24, 2.45) is 5.92 Å². The van der Waals surface area contributed by atoms with E-state index in [9.17, 15) is 9.59 Å². The maximum absolute atomic E-state index is 12.9. The molecule has 1 amide bonds. The molecule has 2 unspecified atom stereocenters. The monoisotopic (exact) mass is 305 g/mol. The van der Waals surface area contributed by atoms with Gasteiger partial charge in [-0.25, -0.2) is 0 Å². The Hall–Kier alpha value is -1.16. The molecule has 2 heterocycles. The van der Waals surface area contributed by atoms with Gasteiger partial charge in [0.15, 0.2) is 0 Å². The summed E-state index contributed by atoms with van der Waals surface area (Å²) in [6, 6.07) is 2.20. The molecule has 2 aliphatic rings. The summed E-state index contributed by atoms with van der Waals surface area (Å²) in [5, 5.41) is 2.01. The number of likely N-dealkylation sites (tertiary alicyclic amines) is 1. The zero-order valence-electron chi connectivity index (χ0n) is 12.6. The Bertz CT molecular complexity index is 537. The molecule has 0 bridgehead atoms. The number of hydrogen-bond donors (Lipinski definition) is 0. The van der Waals surface area contributed by atoms with Crippen LogP contribution in [0, 0.1) is 5.92 Å². The van der Waals surface area contributed by atoms with Gasteiger partial charge in [0.05, 0.1) is 4.88 Å². The normalized spacial score (nSPS) is 26.3. The summed E-state index contributed by atoms with van der Waals surface area (Å²) in [7, 11) is 0. The van der Waals surface area contributed by atoms with Gasteiger partial charge in [-0.05, 0) is 55.5 Å². The van der Waals surface area contributed by atoms with Gasteiger partial charge in [-0.15, -0.1) is 11.3 Å². The maximum Gasteiger partial charge on any atom is 0.264 e. The molecule has 1 aromatic heterocycles. The van der Waals surface area contributed by atoms with Crippen LogP contribution in [0.25, 0.3) is 0 Å². The first-order valence-corrected chi connectivity index (χ1v) is 9.00. The number of nitrogens with zero attached hydrogens (tertiary/aromatic N) is 1. The number of hydrogen-bond acceptors (Lipinski definition) is 3. The number of piperidine rings is 1. The van der Waals surface area contributed by atoms with Gasteiger partial charge in [0.1, 0.15) is 5.78 Å². The van der Waals surface area contributed by atoms with E-state index < -0.39 is 0 Å². The second-order valence-electron chi connectivity index (χ2n) is 6.16. The van der Waals surface area contributed by atoms with Gasteiger partial charge in [0, 0.05) is 24.9 Å². The summed E-state index contributed by atoms with van der Waals surface area (Å²) in [6.07, 6.45) is 6.78. The first-order chi connectivity index (χ1) is 10.2. The molecular weight excluding hydrogens is 282 g/mol. The standard InChI is InChI=1S/C17H23NO2S/c1-2-12-9-11-21-16(12)17(20)18-10-4-3-7-14(18)13-6-5-8-15(13)19/h9,11,13-14H,2-8,10H2,1H3. The minimum atomic E-state index is 0.0966. The number of aryl methyl sites for hydroxylation is 1. The van der Waals surface area contributed by atoms with Crippen molar-refractivity contribution in [2.75, 3.05) is 6.54 Å². The van der Waals surface area contributed by atoms with Gasteiger partial charge in [-0.3, -0.25) is 9.59 Å². The average molecular weight is 305 g/mol. The molecule has 3 nitrogen and oxygen atoms in total. The van der Waals surface area contributed by atoms with Crippen LogP contribution < -0.4 is 0 Å². The average Bonchev–Trinajstić information content (AvgIpc) is 3.14. The topological polar surface area (TPSA) is 37.4 Å². The number of amides is 1. The maximum atomic E-state index is 12.9. The smallest absolute Gasteiger partial charge is 0.264 e. The Morgan fingerprint density at radius 2 is 2.19 bits per heavy atom. The molecule has 114 valence electrons. The molecule has 1 saturated heterocycles. The van der Waals surface area contributed by atoms with Crippen LogP contribution in [0.15, 0.2) is 11.4 Å². The fourth-order valence-corrected chi connectivity index (χ4v) is 4.76. The zero-order chi connectivity index (χ0) is 14.8. The molecule has 2 atom stereocenters. The summed E-state index contributed by atoms with van der Waals surface area (Å²) < 4.78 is 0. The van der Waals surface area contributed by atoms with E-state index in [2.05, 4.69) is 13.0 Å². The van der Waals surface area contributed by atoms with Gasteiger partial charge in [0.2, 0.25) is 0 Å². The third-order valence-corrected chi connectivity index (χ3v) is 5.89. The molecule has 1 aromatic rings. The molecular formula is C17H23NO2S. The highest BCUT2D eigenvalue weighted by molar-refractivity contribution is 7.12. The summed E-state index contributed by atoms with van der Waals surface area (Å²) in [5.41, 5.74) is 1.15. The highest BCUT2D eigenvalue weighted by Crippen LogP contribution is 2.34. The van der Waals surface area contributed by atoms with Crippen molar-refractivity contribution in [3.05, 3.63) is 21.9 Å². The van der Waals surface area contributed by atoms with Crippen LogP contribution in [0.4, 0.5) is 0 Å². The van der Waals surface area contributed by atoms with Crippen LogP contribution in [0.2, 0.25) is 0 Å². The lowest BCUT2D eigenvalue weighted by Crippen LogP contribution is -2.48. The predicted octanol–water partition coefficient (Wildman–Crippen LogP) is 3.67. The number of thiophene rings is 1. The molecule has 1 aliphatic heterocycles. The lowest BCUT2D eigenvalue weighted by molar-refractivity contribution is -0.122. The number of ketones is 1. The van der Waals surface area contributed by atoms with Gasteiger partial charge in [0.25, 0.3) is 5.91 Å². The van der Waals surface area contributed by atoms with Crippen LogP contribution in [0.1, 0.15) is 60.7 Å². The van der Waals surface area contributed by atoms with Gasteiger partial charge >= 0.3 is 0 Å². The summed E-state index contributed by atoms with van der Waals surface area (Å²) in [6.45, 7) is 2.90. The van der Waals surface area contributed by atoms with Crippen LogP contribution in [0.3, 0.4) is 0 Å². The van der Waals surface area contributed by atoms with E-state index in [1.54, 1.807) is 11.3 Å². The van der Waals surface area contributed by atoms with Gasteiger partial charge in [-0.1, -0.05) is 6.92 Å². The van der Waals surface area contributed by atoms with Crippen LogP contribution in [-0.2, 0) is 11.2 Å². The highest BCUT2D eigenvalue weighted by Gasteiger charge is 2.39. The SMILES string of the molecule is CCc1ccsc1C(=O)N1CCCCC1C1CCCC1=O. The van der Waals surface area contributed by atoms with Crippen molar-refractivity contribution in [1.29, 1.82) is 0 Å². The molecule has 0 N–H and O–H groups in total. The lowest BCUT2D eigenvalue weighted by atomic mass is 9.88. The molecule has 4 heteroatoms. The Kier molecular flexibility index (Phi) is 4.43. The third-order valence-electron chi connectivity index (χ3n) is 4.95. The van der Waals surface area contributed by atoms with Crippen LogP contribution in [-0.4, -0.2) is 29.2 Å². The third kappa shape index (κ3) is 2.78. The number of carbonyl (C=O) groups is 2. The summed E-state index contributed by atoms with van der Waals surface area (Å²) in [5.74, 6) is 0.632. The van der Waals surface area contributed by atoms with E-state index in [0.29, 0.717) is 12.2 Å². The number of Topliss-reactive ketones (excluding diaryl/α,β-unsaturated/α-hetero) is 1. The Morgan fingerprint density at radius 1 is 1.33 bits per heavy atom. The first kappa shape index (κ1) is 14.8. The van der Waals surface area contributed by atoms with Crippen molar-refractivity contribution >= 4 is 23.0 Å². The first-order valence-electron chi connectivity index (χ1n) is 8.12. The minimum absolute atomic E-state index is 0.0966. The molecule has 1 aliphatic carbocycles. The van der Waals surface area contributed by atoms with Crippen molar-refractivity contribution in [2.45, 2.75) is 57.9 Å². The number of rotatable bonds is 3. The van der Waals surface area contributed by atoms with Crippen molar-refractivity contribution in [3.63, 3.8) is 0 Å². The van der Waals surface area contributed by atoms with Crippen LogP contribution >= 0.6 is 11.3 Å². The summed E-state index contributed by atoms with van der Waals surface area (Å²) in [4.78, 5) is 28.0. The molecule has 1 saturated carbocycles. The molecule has 2 fully saturated rings. The second-order valence-corrected chi connectivity index (χ2v) is 7.07.